The van der Waals surface area contributed by atoms with Gasteiger partial charge in [-0.15, -0.1) is 0 Å². The first-order chi connectivity index (χ1) is 13.4. The average molecular weight is 439 g/mol. The van der Waals surface area contributed by atoms with Crippen LogP contribution in [0, 0.1) is 5.82 Å². The zero-order chi connectivity index (χ0) is 20.3. The smallest absolute Gasteiger partial charge is 0.293 e. The van der Waals surface area contributed by atoms with Crippen LogP contribution in [0.5, 0.6) is 0 Å². The third-order valence-electron chi connectivity index (χ3n) is 3.85. The highest BCUT2D eigenvalue weighted by molar-refractivity contribution is 8.18. The summed E-state index contributed by atoms with van der Waals surface area (Å²) in [4.78, 5) is 38.0. The van der Waals surface area contributed by atoms with Gasteiger partial charge in [-0.2, -0.15) is 0 Å². The molecule has 0 aliphatic carbocycles. The van der Waals surface area contributed by atoms with E-state index in [-0.39, 0.29) is 28.7 Å². The fourth-order valence-electron chi connectivity index (χ4n) is 2.47. The molecule has 2 aromatic carbocycles. The maximum Gasteiger partial charge on any atom is 0.293 e. The van der Waals surface area contributed by atoms with E-state index < -0.39 is 22.9 Å². The normalized spacial score (nSPS) is 15.4. The fourth-order valence-corrected chi connectivity index (χ4v) is 3.80. The predicted octanol–water partition coefficient (Wildman–Crippen LogP) is 4.60. The molecular weight excluding hydrogens is 426 g/mol. The monoisotopic (exact) mass is 438 g/mol. The van der Waals surface area contributed by atoms with E-state index in [0.717, 1.165) is 34.4 Å². The Morgan fingerprint density at radius 3 is 2.57 bits per heavy atom. The molecule has 0 atom stereocenters. The summed E-state index contributed by atoms with van der Waals surface area (Å²) < 4.78 is 13.5. The molecule has 0 unspecified atom stereocenters. The van der Waals surface area contributed by atoms with E-state index in [1.807, 2.05) is 30.3 Å². The molecule has 1 N–H and O–H groups in total. The molecule has 0 saturated carbocycles. The molecule has 1 aliphatic rings. The highest BCUT2D eigenvalue weighted by Crippen LogP contribution is 2.31. The summed E-state index contributed by atoms with van der Waals surface area (Å²) in [7, 11) is 0. The third-order valence-corrected chi connectivity index (χ3v) is 5.36. The number of carbonyl (C=O) groups excluding carboxylic acids is 3. The molecule has 0 spiro atoms. The topological polar surface area (TPSA) is 66.5 Å². The Bertz CT molecular complexity index is 983. The van der Waals surface area contributed by atoms with Gasteiger partial charge in [0.15, 0.2) is 0 Å². The van der Waals surface area contributed by atoms with Crippen LogP contribution in [0.1, 0.15) is 15.9 Å². The van der Waals surface area contributed by atoms with E-state index in [4.69, 9.17) is 23.2 Å². The van der Waals surface area contributed by atoms with Crippen molar-refractivity contribution in [3.8, 4) is 0 Å². The highest BCUT2D eigenvalue weighted by atomic mass is 35.5. The second-order valence-corrected chi connectivity index (χ2v) is 7.55. The maximum atomic E-state index is 13.5. The lowest BCUT2D eigenvalue weighted by atomic mass is 10.2. The van der Waals surface area contributed by atoms with Crippen molar-refractivity contribution in [3.63, 3.8) is 0 Å². The van der Waals surface area contributed by atoms with Crippen molar-refractivity contribution in [2.75, 3.05) is 13.1 Å². The van der Waals surface area contributed by atoms with E-state index >= 15 is 0 Å². The molecule has 1 saturated heterocycles. The van der Waals surface area contributed by atoms with Crippen molar-refractivity contribution < 1.29 is 18.8 Å². The number of thioether (sulfide) groups is 1. The van der Waals surface area contributed by atoms with Crippen molar-refractivity contribution in [1.29, 1.82) is 0 Å². The number of rotatable bonds is 5. The molecule has 5 nitrogen and oxygen atoms in total. The van der Waals surface area contributed by atoms with Gasteiger partial charge in [0.1, 0.15) is 5.82 Å². The van der Waals surface area contributed by atoms with Crippen LogP contribution in [0.15, 0.2) is 47.4 Å². The predicted molar refractivity (Wildman–Crippen MR) is 108 cm³/mol. The lowest BCUT2D eigenvalue weighted by Crippen LogP contribution is -2.37. The van der Waals surface area contributed by atoms with E-state index in [9.17, 15) is 18.8 Å². The van der Waals surface area contributed by atoms with Crippen LogP contribution in [0.3, 0.4) is 0 Å². The first kappa shape index (κ1) is 20.4. The summed E-state index contributed by atoms with van der Waals surface area (Å²) in [5.74, 6) is -1.83. The van der Waals surface area contributed by atoms with E-state index in [1.54, 1.807) is 6.08 Å². The maximum absolute atomic E-state index is 13.5. The van der Waals surface area contributed by atoms with Crippen molar-refractivity contribution in [1.82, 2.24) is 10.2 Å². The molecule has 9 heteroatoms. The Labute approximate surface area is 174 Å². The van der Waals surface area contributed by atoms with Gasteiger partial charge >= 0.3 is 0 Å². The van der Waals surface area contributed by atoms with Gasteiger partial charge in [0.25, 0.3) is 17.1 Å². The van der Waals surface area contributed by atoms with E-state index in [2.05, 4.69) is 5.32 Å². The second-order valence-electron chi connectivity index (χ2n) is 5.75. The SMILES string of the molecule is O=C(NCCN1C(=O)S/C(=C\c2ccccc2)C1=O)c1cc(F)c(Cl)cc1Cl. The molecular formula is C19H13Cl2FN2O3S. The number of imide groups is 1. The molecule has 0 aromatic heterocycles. The molecule has 1 fully saturated rings. The molecule has 144 valence electrons. The average Bonchev–Trinajstić information content (AvgIpc) is 2.92. The van der Waals surface area contributed by atoms with Crippen LogP contribution < -0.4 is 5.32 Å². The Morgan fingerprint density at radius 1 is 1.14 bits per heavy atom. The van der Waals surface area contributed by atoms with Crippen LogP contribution >= 0.6 is 35.0 Å². The van der Waals surface area contributed by atoms with Crippen LogP contribution in [-0.2, 0) is 4.79 Å². The van der Waals surface area contributed by atoms with E-state index in [1.165, 1.54) is 0 Å². The Kier molecular flexibility index (Phi) is 6.39. The van der Waals surface area contributed by atoms with Crippen LogP contribution in [0.25, 0.3) is 6.08 Å². The van der Waals surface area contributed by atoms with Crippen molar-refractivity contribution >= 4 is 58.1 Å². The van der Waals surface area contributed by atoms with Gasteiger partial charge in [-0.25, -0.2) is 4.39 Å². The molecule has 3 rings (SSSR count). The molecule has 1 aliphatic heterocycles. The van der Waals surface area contributed by atoms with Gasteiger partial charge < -0.3 is 5.32 Å². The van der Waals surface area contributed by atoms with Gasteiger partial charge in [0.05, 0.1) is 20.5 Å². The summed E-state index contributed by atoms with van der Waals surface area (Å²) in [5, 5.41) is 1.90. The molecule has 0 radical (unpaired) electrons. The molecule has 1 heterocycles. The number of hydrogen-bond acceptors (Lipinski definition) is 4. The minimum absolute atomic E-state index is 0.000798. The number of halogens is 3. The summed E-state index contributed by atoms with van der Waals surface area (Å²) in [5.41, 5.74) is 0.724. The number of nitrogens with zero attached hydrogens (tertiary/aromatic N) is 1. The fraction of sp³-hybridized carbons (Fsp3) is 0.105. The van der Waals surface area contributed by atoms with Crippen molar-refractivity contribution in [2.45, 2.75) is 0 Å². The molecule has 0 bridgehead atoms. The lowest BCUT2D eigenvalue weighted by molar-refractivity contribution is -0.122. The van der Waals surface area contributed by atoms with Crippen molar-refractivity contribution in [2.24, 2.45) is 0 Å². The zero-order valence-electron chi connectivity index (χ0n) is 14.2. The number of benzene rings is 2. The molecule has 2 aromatic rings. The largest absolute Gasteiger partial charge is 0.350 e. The Morgan fingerprint density at radius 2 is 1.86 bits per heavy atom. The lowest BCUT2D eigenvalue weighted by Gasteiger charge is -2.13. The van der Waals surface area contributed by atoms with Gasteiger partial charge in [0.2, 0.25) is 0 Å². The number of nitrogens with one attached hydrogen (secondary N) is 1. The van der Waals surface area contributed by atoms with Gasteiger partial charge in [-0.1, -0.05) is 53.5 Å². The van der Waals surface area contributed by atoms with Gasteiger partial charge in [0, 0.05) is 13.1 Å². The summed E-state index contributed by atoms with van der Waals surface area (Å²) in [6.07, 6.45) is 1.64. The molecule has 3 amide bonds. The number of carbonyl (C=O) groups is 3. The summed E-state index contributed by atoms with van der Waals surface area (Å²) in [6, 6.07) is 11.2. The number of hydrogen-bond donors (Lipinski definition) is 1. The second kappa shape index (κ2) is 8.77. The number of amides is 3. The first-order valence-corrected chi connectivity index (χ1v) is 9.67. The zero-order valence-corrected chi connectivity index (χ0v) is 16.6. The van der Waals surface area contributed by atoms with Gasteiger partial charge in [-0.05, 0) is 35.5 Å². The Hall–Kier alpha value is -2.35. The molecule has 28 heavy (non-hydrogen) atoms. The van der Waals surface area contributed by atoms with Crippen LogP contribution in [-0.4, -0.2) is 35.0 Å². The highest BCUT2D eigenvalue weighted by Gasteiger charge is 2.34. The van der Waals surface area contributed by atoms with Crippen molar-refractivity contribution in [3.05, 3.63) is 74.4 Å². The quantitative estimate of drug-likeness (QED) is 0.547. The first-order valence-electron chi connectivity index (χ1n) is 8.10. The minimum atomic E-state index is -0.770. The van der Waals surface area contributed by atoms with Crippen LogP contribution in [0.2, 0.25) is 10.0 Å². The standard InChI is InChI=1S/C19H13Cl2FN2O3S/c20-13-10-14(21)15(22)9-12(13)17(25)23-6-7-24-18(26)16(28-19(24)27)8-11-4-2-1-3-5-11/h1-5,8-10H,6-7H2,(H,23,25)/b16-8-. The van der Waals surface area contributed by atoms with Gasteiger partial charge in [-0.3, -0.25) is 19.3 Å². The Balaban J connectivity index is 1.61. The van der Waals surface area contributed by atoms with Crippen LogP contribution in [0.4, 0.5) is 9.18 Å². The summed E-state index contributed by atoms with van der Waals surface area (Å²) >= 11 is 12.3. The minimum Gasteiger partial charge on any atom is -0.350 e. The third kappa shape index (κ3) is 4.55. The van der Waals surface area contributed by atoms with E-state index in [0.29, 0.717) is 4.91 Å². The summed E-state index contributed by atoms with van der Waals surface area (Å²) in [6.45, 7) is -0.0215.